The SMILES string of the molecule is CC(=O)N[C@@H](C=O)[C@@H](O)[C@H](O[C@H]1O[C@H](CO)[C@@H](O)[C@H](O)[C@H]1O)[C@H](O)CO. The maximum Gasteiger partial charge on any atom is 0.217 e. The minimum Gasteiger partial charge on any atom is -0.394 e. The van der Waals surface area contributed by atoms with E-state index in [1.807, 2.05) is 0 Å². The predicted molar refractivity (Wildman–Crippen MR) is 81.4 cm³/mol. The van der Waals surface area contributed by atoms with E-state index in [1.54, 1.807) is 0 Å². The summed E-state index contributed by atoms with van der Waals surface area (Å²) in [7, 11) is 0. The summed E-state index contributed by atoms with van der Waals surface area (Å²) in [5.74, 6) is -0.661. The van der Waals surface area contributed by atoms with E-state index in [0.717, 1.165) is 6.92 Å². The Bertz CT molecular complexity index is 462. The number of amides is 1. The van der Waals surface area contributed by atoms with Gasteiger partial charge in [0.05, 0.1) is 13.2 Å². The van der Waals surface area contributed by atoms with E-state index in [9.17, 15) is 35.1 Å². The number of carbonyl (C=O) groups excluding carboxylic acids is 2. The number of nitrogens with one attached hydrogen (secondary N) is 1. The Labute approximate surface area is 148 Å². The van der Waals surface area contributed by atoms with Crippen LogP contribution in [0.15, 0.2) is 0 Å². The van der Waals surface area contributed by atoms with Crippen molar-refractivity contribution in [3.63, 3.8) is 0 Å². The van der Waals surface area contributed by atoms with Crippen molar-refractivity contribution >= 4 is 12.2 Å². The number of ether oxygens (including phenoxy) is 2. The first-order valence-corrected chi connectivity index (χ1v) is 7.83. The minimum atomic E-state index is -1.86. The van der Waals surface area contributed by atoms with Crippen LogP contribution in [0, 0.1) is 0 Å². The number of rotatable bonds is 9. The molecule has 0 bridgehead atoms. The normalized spacial score (nSPS) is 33.8. The molecule has 1 fully saturated rings. The number of carbonyl (C=O) groups is 2. The van der Waals surface area contributed by atoms with E-state index in [1.165, 1.54) is 0 Å². The van der Waals surface area contributed by atoms with Crippen molar-refractivity contribution in [1.82, 2.24) is 5.32 Å². The van der Waals surface area contributed by atoms with Crippen molar-refractivity contribution in [1.29, 1.82) is 0 Å². The minimum absolute atomic E-state index is 0.180. The molecule has 0 spiro atoms. The van der Waals surface area contributed by atoms with Crippen LogP contribution in [0.5, 0.6) is 0 Å². The van der Waals surface area contributed by atoms with Gasteiger partial charge >= 0.3 is 0 Å². The van der Waals surface area contributed by atoms with Crippen LogP contribution in [0.1, 0.15) is 6.92 Å². The van der Waals surface area contributed by atoms with Gasteiger partial charge in [0.25, 0.3) is 0 Å². The summed E-state index contributed by atoms with van der Waals surface area (Å²) >= 11 is 0. The van der Waals surface area contributed by atoms with Gasteiger partial charge in [-0.2, -0.15) is 0 Å². The fraction of sp³-hybridized carbons (Fsp3) is 0.857. The Morgan fingerprint density at radius 1 is 1.19 bits per heavy atom. The van der Waals surface area contributed by atoms with E-state index in [4.69, 9.17) is 19.7 Å². The number of aliphatic hydroxyl groups is 7. The topological polar surface area (TPSA) is 206 Å². The average molecular weight is 383 g/mol. The van der Waals surface area contributed by atoms with Crippen LogP contribution in [0.3, 0.4) is 0 Å². The summed E-state index contributed by atoms with van der Waals surface area (Å²) in [6.07, 6.45) is -13.4. The van der Waals surface area contributed by atoms with Crippen LogP contribution in [0.2, 0.25) is 0 Å². The van der Waals surface area contributed by atoms with E-state index in [2.05, 4.69) is 5.32 Å². The second-order valence-corrected chi connectivity index (χ2v) is 5.90. The highest BCUT2D eigenvalue weighted by atomic mass is 16.7. The van der Waals surface area contributed by atoms with E-state index < -0.39 is 74.2 Å². The van der Waals surface area contributed by atoms with Crippen LogP contribution < -0.4 is 5.32 Å². The molecule has 0 unspecified atom stereocenters. The van der Waals surface area contributed by atoms with Crippen molar-refractivity contribution < 1.29 is 54.8 Å². The molecular formula is C14H25NO11. The van der Waals surface area contributed by atoms with Gasteiger partial charge in [0.2, 0.25) is 5.91 Å². The zero-order valence-corrected chi connectivity index (χ0v) is 14.0. The Morgan fingerprint density at radius 3 is 2.27 bits per heavy atom. The molecule has 1 aliphatic heterocycles. The van der Waals surface area contributed by atoms with E-state index in [0.29, 0.717) is 0 Å². The molecule has 0 aromatic heterocycles. The van der Waals surface area contributed by atoms with Gasteiger partial charge in [0.15, 0.2) is 6.29 Å². The van der Waals surface area contributed by atoms with Gasteiger partial charge in [-0.15, -0.1) is 0 Å². The average Bonchev–Trinajstić information content (AvgIpc) is 2.62. The predicted octanol–water partition coefficient (Wildman–Crippen LogP) is -5.41. The molecule has 1 aliphatic rings. The third-order valence-electron chi connectivity index (χ3n) is 3.93. The van der Waals surface area contributed by atoms with E-state index >= 15 is 0 Å². The fourth-order valence-electron chi connectivity index (χ4n) is 2.48. The molecule has 152 valence electrons. The molecular weight excluding hydrogens is 358 g/mol. The van der Waals surface area contributed by atoms with Crippen molar-refractivity contribution in [2.45, 2.75) is 62.0 Å². The third-order valence-corrected chi connectivity index (χ3v) is 3.93. The maximum atomic E-state index is 11.1. The molecule has 1 heterocycles. The zero-order valence-electron chi connectivity index (χ0n) is 14.0. The molecule has 1 saturated heterocycles. The first kappa shape index (κ1) is 22.8. The Kier molecular flexibility index (Phi) is 8.95. The lowest BCUT2D eigenvalue weighted by Crippen LogP contribution is -2.62. The van der Waals surface area contributed by atoms with Gasteiger partial charge in [-0.1, -0.05) is 0 Å². The summed E-state index contributed by atoms with van der Waals surface area (Å²) in [5.41, 5.74) is 0. The standard InChI is InChI=1S/C14H25NO11/c1-5(19)15-6(2-16)9(21)13(7(20)3-17)26-14-12(24)11(23)10(22)8(4-18)25-14/h2,6-14,17-18,20-24H,3-4H2,1H3,(H,15,19)/t6-,7+,8+,9+,10+,11-,12+,13+,14+/m0/s1. The number of hydrogen-bond acceptors (Lipinski definition) is 11. The summed E-state index contributed by atoms with van der Waals surface area (Å²) in [5, 5.41) is 69.9. The highest BCUT2D eigenvalue weighted by Crippen LogP contribution is 2.24. The molecule has 0 radical (unpaired) electrons. The van der Waals surface area contributed by atoms with Crippen LogP contribution in [-0.2, 0) is 19.1 Å². The van der Waals surface area contributed by atoms with Crippen LogP contribution in [0.4, 0.5) is 0 Å². The highest BCUT2D eigenvalue weighted by Gasteiger charge is 2.46. The highest BCUT2D eigenvalue weighted by molar-refractivity contribution is 5.77. The van der Waals surface area contributed by atoms with Gasteiger partial charge in [-0.3, -0.25) is 4.79 Å². The molecule has 0 aromatic rings. The second-order valence-electron chi connectivity index (χ2n) is 5.90. The molecule has 0 saturated carbocycles. The lowest BCUT2D eigenvalue weighted by molar-refractivity contribution is -0.324. The first-order chi connectivity index (χ1) is 12.2. The number of aldehydes is 1. The largest absolute Gasteiger partial charge is 0.394 e. The summed E-state index contributed by atoms with van der Waals surface area (Å²) in [6, 6.07) is -1.51. The van der Waals surface area contributed by atoms with Gasteiger partial charge < -0.3 is 55.3 Å². The lowest BCUT2D eigenvalue weighted by Gasteiger charge is -2.42. The van der Waals surface area contributed by atoms with Crippen molar-refractivity contribution in [2.24, 2.45) is 0 Å². The van der Waals surface area contributed by atoms with Crippen molar-refractivity contribution in [3.05, 3.63) is 0 Å². The summed E-state index contributed by atoms with van der Waals surface area (Å²) < 4.78 is 10.3. The fourth-order valence-corrected chi connectivity index (χ4v) is 2.48. The van der Waals surface area contributed by atoms with Gasteiger partial charge in [0, 0.05) is 6.92 Å². The molecule has 26 heavy (non-hydrogen) atoms. The van der Waals surface area contributed by atoms with E-state index in [-0.39, 0.29) is 6.29 Å². The van der Waals surface area contributed by atoms with Gasteiger partial charge in [0.1, 0.15) is 55.1 Å². The Balaban J connectivity index is 2.99. The Hall–Kier alpha value is -1.22. The number of hydrogen-bond donors (Lipinski definition) is 8. The van der Waals surface area contributed by atoms with Crippen LogP contribution >= 0.6 is 0 Å². The first-order valence-electron chi connectivity index (χ1n) is 7.83. The van der Waals surface area contributed by atoms with Crippen LogP contribution in [-0.4, -0.2) is 116 Å². The quantitative estimate of drug-likeness (QED) is 0.176. The van der Waals surface area contributed by atoms with Crippen molar-refractivity contribution in [3.8, 4) is 0 Å². The monoisotopic (exact) mass is 383 g/mol. The molecule has 9 atom stereocenters. The third kappa shape index (κ3) is 5.39. The molecule has 1 rings (SSSR count). The second kappa shape index (κ2) is 10.2. The van der Waals surface area contributed by atoms with Crippen molar-refractivity contribution in [2.75, 3.05) is 13.2 Å². The molecule has 12 nitrogen and oxygen atoms in total. The smallest absolute Gasteiger partial charge is 0.217 e. The zero-order chi connectivity index (χ0) is 20.0. The molecule has 1 amide bonds. The van der Waals surface area contributed by atoms with Gasteiger partial charge in [-0.05, 0) is 0 Å². The molecule has 12 heteroatoms. The Morgan fingerprint density at radius 2 is 1.81 bits per heavy atom. The number of aliphatic hydroxyl groups excluding tert-OH is 7. The summed E-state index contributed by atoms with van der Waals surface area (Å²) in [6.45, 7) is -0.562. The van der Waals surface area contributed by atoms with Crippen LogP contribution in [0.25, 0.3) is 0 Å². The summed E-state index contributed by atoms with van der Waals surface area (Å²) in [4.78, 5) is 22.2. The molecule has 0 aromatic carbocycles. The van der Waals surface area contributed by atoms with Gasteiger partial charge in [-0.25, -0.2) is 0 Å². The maximum absolute atomic E-state index is 11.1. The molecule has 0 aliphatic carbocycles. The molecule has 8 N–H and O–H groups in total. The lowest BCUT2D eigenvalue weighted by atomic mass is 9.98.